The minimum atomic E-state index is -1.24. The molecule has 1 aliphatic carbocycles. The van der Waals surface area contributed by atoms with Crippen molar-refractivity contribution in [1.29, 1.82) is 0 Å². The van der Waals surface area contributed by atoms with Gasteiger partial charge in [0.2, 0.25) is 5.91 Å². The van der Waals surface area contributed by atoms with Crippen LogP contribution in [0.5, 0.6) is 0 Å². The molecule has 0 radical (unpaired) electrons. The maximum absolute atomic E-state index is 15.5. The number of hydrogen-bond donors (Lipinski definition) is 1. The molecule has 2 aliphatic rings. The Hall–Kier alpha value is -3.49. The van der Waals surface area contributed by atoms with Gasteiger partial charge in [-0.1, -0.05) is 31.5 Å². The number of nitrogens with one attached hydrogen (secondary N) is 1. The lowest BCUT2D eigenvalue weighted by atomic mass is 9.90. The van der Waals surface area contributed by atoms with Crippen molar-refractivity contribution in [2.75, 3.05) is 13.2 Å². The first-order valence-corrected chi connectivity index (χ1v) is 14.5. The number of ether oxygens (including phenoxy) is 2. The summed E-state index contributed by atoms with van der Waals surface area (Å²) in [5.41, 5.74) is 2.87. The van der Waals surface area contributed by atoms with Gasteiger partial charge in [-0.25, -0.2) is 13.6 Å². The van der Waals surface area contributed by atoms with Gasteiger partial charge in [-0.05, 0) is 100 Å². The maximum Gasteiger partial charge on any atom is 0.410 e. The molecule has 2 amide bonds. The Balaban J connectivity index is 1.74. The molecule has 2 fully saturated rings. The zero-order valence-corrected chi connectivity index (χ0v) is 26.0. The molecule has 7 nitrogen and oxygen atoms in total. The molecule has 1 N–H and O–H groups in total. The molecular weight excluding hydrogens is 542 g/mol. The molecule has 2 aromatic rings. The van der Waals surface area contributed by atoms with E-state index in [0.29, 0.717) is 12.1 Å². The zero-order valence-electron chi connectivity index (χ0n) is 26.0. The minimum Gasteiger partial charge on any atom is -0.466 e. The molecule has 0 unspecified atom stereocenters. The van der Waals surface area contributed by atoms with E-state index in [1.807, 2.05) is 46.8 Å². The summed E-state index contributed by atoms with van der Waals surface area (Å²) in [6, 6.07) is 4.41. The van der Waals surface area contributed by atoms with E-state index >= 15 is 8.78 Å². The summed E-state index contributed by atoms with van der Waals surface area (Å²) in [6.45, 7) is 17.1. The van der Waals surface area contributed by atoms with Crippen LogP contribution in [-0.2, 0) is 19.1 Å². The van der Waals surface area contributed by atoms with E-state index in [-0.39, 0.29) is 29.4 Å². The molecule has 0 spiro atoms. The Bertz CT molecular complexity index is 1390. The van der Waals surface area contributed by atoms with Crippen LogP contribution in [0.15, 0.2) is 24.3 Å². The second-order valence-electron chi connectivity index (χ2n) is 13.2. The number of benzene rings is 2. The van der Waals surface area contributed by atoms with Crippen LogP contribution in [0.1, 0.15) is 76.3 Å². The number of hydrogen-bond acceptors (Lipinski definition) is 5. The molecule has 42 heavy (non-hydrogen) atoms. The number of carbonyl (C=O) groups is 3. The highest BCUT2D eigenvalue weighted by atomic mass is 19.2. The fourth-order valence-corrected chi connectivity index (χ4v) is 6.62. The number of likely N-dealkylation sites (tertiary alicyclic amines) is 1. The van der Waals surface area contributed by atoms with Crippen molar-refractivity contribution in [2.45, 2.75) is 86.4 Å². The SMILES string of the molecule is CCOC(=O)C[C@H](NC(=O)[C@@H]1[C@@H]2[C@H](CN1C(=O)OC(C)(C)C)C2(C)C)c1cc(-c2c(C)cc(C)cc2C)cc(F)c1F. The van der Waals surface area contributed by atoms with Gasteiger partial charge in [-0.2, -0.15) is 0 Å². The molecule has 0 aromatic heterocycles. The van der Waals surface area contributed by atoms with Crippen molar-refractivity contribution in [3.8, 4) is 11.1 Å². The quantitative estimate of drug-likeness (QED) is 0.373. The third kappa shape index (κ3) is 6.15. The lowest BCUT2D eigenvalue weighted by molar-refractivity contribution is -0.144. The Morgan fingerprint density at radius 3 is 2.26 bits per heavy atom. The van der Waals surface area contributed by atoms with Gasteiger partial charge in [0.05, 0.1) is 19.1 Å². The van der Waals surface area contributed by atoms with Crippen LogP contribution >= 0.6 is 0 Å². The van der Waals surface area contributed by atoms with Gasteiger partial charge >= 0.3 is 12.1 Å². The van der Waals surface area contributed by atoms with E-state index < -0.39 is 53.7 Å². The normalized spacial score (nSPS) is 21.4. The largest absolute Gasteiger partial charge is 0.466 e. The molecule has 1 saturated heterocycles. The molecule has 4 rings (SSSR count). The van der Waals surface area contributed by atoms with E-state index in [1.54, 1.807) is 27.7 Å². The van der Waals surface area contributed by atoms with Crippen LogP contribution in [0.25, 0.3) is 11.1 Å². The van der Waals surface area contributed by atoms with Crippen molar-refractivity contribution in [1.82, 2.24) is 10.2 Å². The number of esters is 1. The maximum atomic E-state index is 15.5. The standard InChI is InChI=1S/C33H42F2N2O5/c1-10-41-25(38)15-24(21-13-20(14-23(34)28(21)35)26-18(3)11-17(2)12-19(26)4)36-30(39)29-27-22(33(27,8)9)16-37(29)31(40)42-32(5,6)7/h11-14,22,24,27,29H,10,15-16H2,1-9H3,(H,36,39)/t22-,24-,27-,29-/m0/s1. The lowest BCUT2D eigenvalue weighted by Gasteiger charge is -2.33. The second kappa shape index (κ2) is 11.3. The van der Waals surface area contributed by atoms with Crippen LogP contribution in [0.4, 0.5) is 13.6 Å². The summed E-state index contributed by atoms with van der Waals surface area (Å²) in [5.74, 6) is -3.52. The molecule has 0 bridgehead atoms. The fraction of sp³-hybridized carbons (Fsp3) is 0.545. The van der Waals surface area contributed by atoms with E-state index in [0.717, 1.165) is 28.3 Å². The van der Waals surface area contributed by atoms with Gasteiger partial charge < -0.3 is 14.8 Å². The van der Waals surface area contributed by atoms with E-state index in [2.05, 4.69) is 5.32 Å². The summed E-state index contributed by atoms with van der Waals surface area (Å²) in [4.78, 5) is 41.1. The molecular formula is C33H42F2N2O5. The van der Waals surface area contributed by atoms with Gasteiger partial charge in [0.1, 0.15) is 11.6 Å². The number of rotatable bonds is 7. The van der Waals surface area contributed by atoms with Crippen LogP contribution in [0.2, 0.25) is 0 Å². The molecule has 9 heteroatoms. The van der Waals surface area contributed by atoms with Crippen molar-refractivity contribution >= 4 is 18.0 Å². The van der Waals surface area contributed by atoms with Crippen molar-refractivity contribution in [2.24, 2.45) is 17.3 Å². The third-order valence-electron chi connectivity index (χ3n) is 8.50. The van der Waals surface area contributed by atoms with E-state index in [9.17, 15) is 14.4 Å². The summed E-state index contributed by atoms with van der Waals surface area (Å²) < 4.78 is 41.4. The van der Waals surface area contributed by atoms with Crippen molar-refractivity contribution in [3.05, 3.63) is 58.2 Å². The highest BCUT2D eigenvalue weighted by Gasteiger charge is 2.69. The summed E-state index contributed by atoms with van der Waals surface area (Å²) in [5, 5.41) is 2.80. The summed E-state index contributed by atoms with van der Waals surface area (Å²) in [7, 11) is 0. The van der Waals surface area contributed by atoms with Crippen LogP contribution < -0.4 is 5.32 Å². The number of piperidine rings is 1. The van der Waals surface area contributed by atoms with Gasteiger partial charge in [-0.15, -0.1) is 0 Å². The lowest BCUT2D eigenvalue weighted by Crippen LogP contribution is -2.51. The average Bonchev–Trinajstić information content (AvgIpc) is 3.18. The highest BCUT2D eigenvalue weighted by Crippen LogP contribution is 2.65. The first-order valence-electron chi connectivity index (χ1n) is 14.5. The topological polar surface area (TPSA) is 84.9 Å². The number of aryl methyl sites for hydroxylation is 3. The number of nitrogens with zero attached hydrogens (tertiary/aromatic N) is 1. The Morgan fingerprint density at radius 1 is 1.07 bits per heavy atom. The predicted octanol–water partition coefficient (Wildman–Crippen LogP) is 6.56. The van der Waals surface area contributed by atoms with Crippen LogP contribution in [0.3, 0.4) is 0 Å². The van der Waals surface area contributed by atoms with Gasteiger partial charge in [0.25, 0.3) is 0 Å². The molecule has 4 atom stereocenters. The number of fused-ring (bicyclic) bond motifs is 1. The molecule has 228 valence electrons. The monoisotopic (exact) mass is 584 g/mol. The number of amides is 2. The molecule has 1 aliphatic heterocycles. The first kappa shape index (κ1) is 31.4. The first-order chi connectivity index (χ1) is 19.5. The smallest absolute Gasteiger partial charge is 0.410 e. The van der Waals surface area contributed by atoms with Crippen LogP contribution in [0, 0.1) is 49.7 Å². The van der Waals surface area contributed by atoms with Gasteiger partial charge in [-0.3, -0.25) is 14.5 Å². The number of halogens is 2. The second-order valence-corrected chi connectivity index (χ2v) is 13.2. The Labute approximate surface area is 246 Å². The van der Waals surface area contributed by atoms with Crippen molar-refractivity contribution in [3.63, 3.8) is 0 Å². The molecule has 2 aromatic carbocycles. The number of carbonyl (C=O) groups excluding carboxylic acids is 3. The third-order valence-corrected chi connectivity index (χ3v) is 8.50. The fourth-order valence-electron chi connectivity index (χ4n) is 6.62. The van der Waals surface area contributed by atoms with Crippen LogP contribution in [-0.4, -0.2) is 47.7 Å². The van der Waals surface area contributed by atoms with Gasteiger partial charge in [0, 0.05) is 12.1 Å². The zero-order chi connectivity index (χ0) is 31.3. The van der Waals surface area contributed by atoms with E-state index in [4.69, 9.17) is 9.47 Å². The van der Waals surface area contributed by atoms with E-state index in [1.165, 1.54) is 11.0 Å². The predicted molar refractivity (Wildman–Crippen MR) is 156 cm³/mol. The minimum absolute atomic E-state index is 0.0884. The Kier molecular flexibility index (Phi) is 8.46. The summed E-state index contributed by atoms with van der Waals surface area (Å²) >= 11 is 0. The van der Waals surface area contributed by atoms with Gasteiger partial charge in [0.15, 0.2) is 11.6 Å². The molecule has 1 heterocycles. The summed E-state index contributed by atoms with van der Waals surface area (Å²) in [6.07, 6.45) is -1.03. The molecule has 1 saturated carbocycles. The average molecular weight is 585 g/mol. The van der Waals surface area contributed by atoms with Crippen molar-refractivity contribution < 1.29 is 32.6 Å². The Morgan fingerprint density at radius 2 is 1.69 bits per heavy atom. The highest BCUT2D eigenvalue weighted by molar-refractivity contribution is 5.88.